The fraction of sp³-hybridized carbons (Fsp3) is 0.500. The highest BCUT2D eigenvalue weighted by atomic mass is 35.5. The number of carbonyl (C=O) groups excluding carboxylic acids is 1. The molecule has 2 atom stereocenters. The molecule has 0 aromatic carbocycles. The molecule has 80 valence electrons. The lowest BCUT2D eigenvalue weighted by molar-refractivity contribution is -0.112. The second kappa shape index (κ2) is 7.74. The first-order chi connectivity index (χ1) is 6.61. The average molecular weight is 217 g/mol. The third-order valence-electron chi connectivity index (χ3n) is 1.83. The maximum atomic E-state index is 10.8. The Kier molecular flexibility index (Phi) is 7.38. The van der Waals surface area contributed by atoms with E-state index in [0.29, 0.717) is 12.8 Å². The maximum absolute atomic E-state index is 10.8. The van der Waals surface area contributed by atoms with Crippen LogP contribution in [0.3, 0.4) is 0 Å². The van der Waals surface area contributed by atoms with Crippen LogP contribution in [0.4, 0.5) is 0 Å². The van der Waals surface area contributed by atoms with Crippen molar-refractivity contribution >= 4 is 17.4 Å². The fourth-order valence-electron chi connectivity index (χ4n) is 0.943. The van der Waals surface area contributed by atoms with Gasteiger partial charge in [0.2, 0.25) is 0 Å². The van der Waals surface area contributed by atoms with Crippen molar-refractivity contribution in [2.24, 2.45) is 11.5 Å². The summed E-state index contributed by atoms with van der Waals surface area (Å²) >= 11 is 5.31. The summed E-state index contributed by atoms with van der Waals surface area (Å²) < 4.78 is 0. The Morgan fingerprint density at radius 3 is 2.43 bits per heavy atom. The van der Waals surface area contributed by atoms with Crippen molar-refractivity contribution in [3.8, 4) is 0 Å². The van der Waals surface area contributed by atoms with Crippen LogP contribution in [0.5, 0.6) is 0 Å². The second-order valence-electron chi connectivity index (χ2n) is 3.09. The molecule has 0 spiro atoms. The van der Waals surface area contributed by atoms with Crippen LogP contribution in [0.2, 0.25) is 0 Å². The molecule has 2 unspecified atom stereocenters. The zero-order chi connectivity index (χ0) is 11.0. The van der Waals surface area contributed by atoms with Crippen molar-refractivity contribution in [3.63, 3.8) is 0 Å². The van der Waals surface area contributed by atoms with Gasteiger partial charge in [-0.05, 0) is 18.9 Å². The Balaban J connectivity index is 3.82. The lowest BCUT2D eigenvalue weighted by atomic mass is 10.0. The number of hydrogen-bond donors (Lipinski definition) is 2. The van der Waals surface area contributed by atoms with Gasteiger partial charge in [0, 0.05) is 12.1 Å². The normalized spacial score (nSPS) is 15.4. The van der Waals surface area contributed by atoms with E-state index in [1.54, 1.807) is 12.2 Å². The second-order valence-corrected chi connectivity index (χ2v) is 3.36. The van der Waals surface area contributed by atoms with E-state index in [2.05, 4.69) is 6.58 Å². The highest BCUT2D eigenvalue weighted by molar-refractivity contribution is 6.29. The molecule has 0 aromatic rings. The first kappa shape index (κ1) is 13.4. The van der Waals surface area contributed by atoms with Gasteiger partial charge in [0.25, 0.3) is 0 Å². The number of nitrogens with two attached hydrogens (primary N) is 2. The van der Waals surface area contributed by atoms with Crippen LogP contribution >= 0.6 is 11.6 Å². The van der Waals surface area contributed by atoms with Crippen LogP contribution < -0.4 is 11.5 Å². The molecule has 0 aliphatic rings. The summed E-state index contributed by atoms with van der Waals surface area (Å²) in [5, 5.41) is 0. The van der Waals surface area contributed by atoms with Crippen LogP contribution in [-0.4, -0.2) is 23.7 Å². The lowest BCUT2D eigenvalue weighted by Gasteiger charge is -2.16. The molecule has 0 rings (SSSR count). The third-order valence-corrected chi connectivity index (χ3v) is 2.10. The average Bonchev–Trinajstić information content (AvgIpc) is 2.17. The van der Waals surface area contributed by atoms with Crippen LogP contribution in [0.25, 0.3) is 0 Å². The molecule has 0 bridgehead atoms. The summed E-state index contributed by atoms with van der Waals surface area (Å²) in [6, 6.07) is -0.254. The van der Waals surface area contributed by atoms with Crippen molar-refractivity contribution in [1.82, 2.24) is 0 Å². The van der Waals surface area contributed by atoms with Crippen molar-refractivity contribution in [3.05, 3.63) is 24.8 Å². The molecule has 4 N–H and O–H groups in total. The standard InChI is InChI=1S/C10H17ClN2O/c1-2-4-9(12)10(13)6-3-5-8(14)7-11/h2-3,5,9-10H,1,4,6-7,12-13H2. The number of rotatable bonds is 7. The summed E-state index contributed by atoms with van der Waals surface area (Å²) in [6.45, 7) is 3.58. The number of alkyl halides is 1. The number of carbonyl (C=O) groups is 1. The Morgan fingerprint density at radius 2 is 1.93 bits per heavy atom. The molecular weight excluding hydrogens is 200 g/mol. The highest BCUT2D eigenvalue weighted by Gasteiger charge is 2.09. The molecule has 0 fully saturated rings. The molecule has 14 heavy (non-hydrogen) atoms. The molecular formula is C10H17ClN2O. The summed E-state index contributed by atoms with van der Waals surface area (Å²) in [5.41, 5.74) is 11.5. The smallest absolute Gasteiger partial charge is 0.170 e. The van der Waals surface area contributed by atoms with Crippen molar-refractivity contribution in [2.45, 2.75) is 24.9 Å². The number of halogens is 1. The van der Waals surface area contributed by atoms with Gasteiger partial charge in [0.1, 0.15) is 0 Å². The van der Waals surface area contributed by atoms with Gasteiger partial charge < -0.3 is 11.5 Å². The Hall–Kier alpha value is -0.640. The molecule has 4 heteroatoms. The van der Waals surface area contributed by atoms with Gasteiger partial charge in [-0.15, -0.1) is 18.2 Å². The topological polar surface area (TPSA) is 69.1 Å². The highest BCUT2D eigenvalue weighted by Crippen LogP contribution is 2.00. The van der Waals surface area contributed by atoms with Crippen LogP contribution in [0, 0.1) is 0 Å². The predicted octanol–water partition coefficient (Wildman–Crippen LogP) is 0.971. The van der Waals surface area contributed by atoms with E-state index >= 15 is 0 Å². The van der Waals surface area contributed by atoms with Gasteiger partial charge in [0.05, 0.1) is 5.88 Å². The van der Waals surface area contributed by atoms with E-state index in [1.807, 2.05) is 0 Å². The molecule has 0 saturated heterocycles. The van der Waals surface area contributed by atoms with Gasteiger partial charge in [-0.2, -0.15) is 0 Å². The molecule has 0 aliphatic carbocycles. The van der Waals surface area contributed by atoms with E-state index in [9.17, 15) is 4.79 Å². The lowest BCUT2D eigenvalue weighted by Crippen LogP contribution is -2.40. The van der Waals surface area contributed by atoms with Gasteiger partial charge >= 0.3 is 0 Å². The molecule has 0 saturated carbocycles. The van der Waals surface area contributed by atoms with Crippen LogP contribution in [-0.2, 0) is 4.79 Å². The zero-order valence-electron chi connectivity index (χ0n) is 8.16. The minimum Gasteiger partial charge on any atom is -0.326 e. The summed E-state index contributed by atoms with van der Waals surface area (Å²) in [5.74, 6) is -0.110. The summed E-state index contributed by atoms with van der Waals surface area (Å²) in [6.07, 6.45) is 6.14. The van der Waals surface area contributed by atoms with E-state index in [0.717, 1.165) is 0 Å². The Morgan fingerprint density at radius 1 is 1.36 bits per heavy atom. The monoisotopic (exact) mass is 216 g/mol. The van der Waals surface area contributed by atoms with Crippen molar-refractivity contribution < 1.29 is 4.79 Å². The molecule has 0 amide bonds. The number of ketones is 1. The summed E-state index contributed by atoms with van der Waals surface area (Å²) in [7, 11) is 0. The quantitative estimate of drug-likeness (QED) is 0.379. The molecule has 3 nitrogen and oxygen atoms in total. The molecule has 0 aliphatic heterocycles. The van der Waals surface area contributed by atoms with Gasteiger partial charge in [-0.1, -0.05) is 12.2 Å². The van der Waals surface area contributed by atoms with Crippen molar-refractivity contribution in [2.75, 3.05) is 5.88 Å². The first-order valence-electron chi connectivity index (χ1n) is 4.49. The maximum Gasteiger partial charge on any atom is 0.170 e. The molecule has 0 aromatic heterocycles. The van der Waals surface area contributed by atoms with E-state index in [-0.39, 0.29) is 23.7 Å². The van der Waals surface area contributed by atoms with Crippen LogP contribution in [0.15, 0.2) is 24.8 Å². The van der Waals surface area contributed by atoms with Gasteiger partial charge in [-0.25, -0.2) is 0 Å². The molecule has 0 radical (unpaired) electrons. The molecule has 0 heterocycles. The SMILES string of the molecule is C=CCC(N)C(N)CC=CC(=O)CCl. The van der Waals surface area contributed by atoms with E-state index < -0.39 is 0 Å². The van der Waals surface area contributed by atoms with Gasteiger partial charge in [0.15, 0.2) is 5.78 Å². The largest absolute Gasteiger partial charge is 0.326 e. The third kappa shape index (κ3) is 5.91. The minimum absolute atomic E-state index is 0.00441. The first-order valence-corrected chi connectivity index (χ1v) is 5.02. The Bertz CT molecular complexity index is 216. The fourth-order valence-corrected chi connectivity index (χ4v) is 1.03. The van der Waals surface area contributed by atoms with Gasteiger partial charge in [-0.3, -0.25) is 4.79 Å². The summed E-state index contributed by atoms with van der Waals surface area (Å²) in [4.78, 5) is 10.8. The zero-order valence-corrected chi connectivity index (χ0v) is 8.91. The number of allylic oxidation sites excluding steroid dienone is 1. The predicted molar refractivity (Wildman–Crippen MR) is 60.2 cm³/mol. The van der Waals surface area contributed by atoms with E-state index in [4.69, 9.17) is 23.1 Å². The van der Waals surface area contributed by atoms with Crippen LogP contribution in [0.1, 0.15) is 12.8 Å². The minimum atomic E-state index is -0.146. The number of hydrogen-bond acceptors (Lipinski definition) is 3. The van der Waals surface area contributed by atoms with Crippen molar-refractivity contribution in [1.29, 1.82) is 0 Å². The Labute approximate surface area is 89.8 Å². The van der Waals surface area contributed by atoms with E-state index in [1.165, 1.54) is 6.08 Å².